The zero-order valence-corrected chi connectivity index (χ0v) is 22.4. The molecule has 1 saturated heterocycles. The van der Waals surface area contributed by atoms with Crippen LogP contribution in [0.25, 0.3) is 28.0 Å². The molecule has 1 aliphatic heterocycles. The second-order valence-corrected chi connectivity index (χ2v) is 9.87. The number of hydrogen-bond donors (Lipinski definition) is 2. The average molecular weight is 573 g/mol. The van der Waals surface area contributed by atoms with Crippen LogP contribution in [0, 0.1) is 0 Å². The number of nitrogens with one attached hydrogen (secondary N) is 2. The summed E-state index contributed by atoms with van der Waals surface area (Å²) in [6, 6.07) is 19.7. The Hall–Kier alpha value is -4.90. The Kier molecular flexibility index (Phi) is 7.49. The highest BCUT2D eigenvalue weighted by atomic mass is 19.4. The number of hydrogen-bond acceptors (Lipinski definition) is 5. The number of anilines is 2. The first-order chi connectivity index (χ1) is 20.3. The number of carbonyl (C=O) groups is 1. The normalized spacial score (nSPS) is 13.7. The van der Waals surface area contributed by atoms with E-state index in [1.165, 1.54) is 12.1 Å². The first-order valence-electron chi connectivity index (χ1n) is 13.4. The van der Waals surface area contributed by atoms with E-state index in [0.29, 0.717) is 13.2 Å². The second-order valence-electron chi connectivity index (χ2n) is 9.87. The van der Waals surface area contributed by atoms with Gasteiger partial charge in [-0.15, -0.1) is 0 Å². The molecule has 1 aliphatic rings. The Morgan fingerprint density at radius 2 is 1.67 bits per heavy atom. The van der Waals surface area contributed by atoms with E-state index >= 15 is 0 Å². The van der Waals surface area contributed by atoms with Gasteiger partial charge in [-0.2, -0.15) is 13.2 Å². The Bertz CT molecular complexity index is 1700. The number of alkyl halides is 3. The fourth-order valence-electron chi connectivity index (χ4n) is 4.83. The summed E-state index contributed by atoms with van der Waals surface area (Å²) in [6.45, 7) is 3.31. The van der Waals surface area contributed by atoms with Crippen LogP contribution in [0.2, 0.25) is 0 Å². The van der Waals surface area contributed by atoms with Crippen LogP contribution in [0.15, 0.2) is 91.4 Å². The molecule has 0 unspecified atom stereocenters. The molecule has 1 fully saturated rings. The summed E-state index contributed by atoms with van der Waals surface area (Å²) in [7, 11) is 0. The minimum Gasteiger partial charge on any atom is -0.378 e. The van der Waals surface area contributed by atoms with Gasteiger partial charge in [0.15, 0.2) is 0 Å². The minimum atomic E-state index is -4.48. The number of urea groups is 1. The van der Waals surface area contributed by atoms with Crippen molar-refractivity contribution in [3.8, 4) is 22.4 Å². The van der Waals surface area contributed by atoms with Crippen molar-refractivity contribution in [2.75, 3.05) is 36.5 Å². The first-order valence-corrected chi connectivity index (χ1v) is 13.4. The molecule has 6 rings (SSSR count). The number of ether oxygens (including phenoxy) is 1. The number of amides is 2. The summed E-state index contributed by atoms with van der Waals surface area (Å²) >= 11 is 0. The lowest BCUT2D eigenvalue weighted by Crippen LogP contribution is -2.36. The lowest BCUT2D eigenvalue weighted by molar-refractivity contribution is -0.137. The van der Waals surface area contributed by atoms with Crippen LogP contribution in [-0.4, -0.2) is 46.7 Å². The van der Waals surface area contributed by atoms with Crippen molar-refractivity contribution in [2.45, 2.75) is 12.7 Å². The molecule has 42 heavy (non-hydrogen) atoms. The molecule has 8 nitrogen and oxygen atoms in total. The SMILES string of the molecule is O=C(NCc1ccc(-c2cnc3cc(-c4ccc(N5CCOCC5)nc4)ccn23)cc1)Nc1cccc(C(F)(F)F)c1. The van der Waals surface area contributed by atoms with Crippen LogP contribution in [0.5, 0.6) is 0 Å². The molecular formula is C31H27F3N6O2. The summed E-state index contributed by atoms with van der Waals surface area (Å²) in [6.07, 6.45) is 1.20. The second kappa shape index (κ2) is 11.5. The van der Waals surface area contributed by atoms with E-state index in [2.05, 4.69) is 31.6 Å². The number of pyridine rings is 2. The highest BCUT2D eigenvalue weighted by molar-refractivity contribution is 5.89. The van der Waals surface area contributed by atoms with Gasteiger partial charge in [-0.25, -0.2) is 14.8 Å². The minimum absolute atomic E-state index is 0.0645. The Labute approximate surface area is 239 Å². The zero-order chi connectivity index (χ0) is 29.1. The van der Waals surface area contributed by atoms with Crippen molar-refractivity contribution >= 4 is 23.2 Å². The molecule has 2 N–H and O–H groups in total. The molecule has 0 atom stereocenters. The van der Waals surface area contributed by atoms with Crippen LogP contribution in [0.3, 0.4) is 0 Å². The van der Waals surface area contributed by atoms with Crippen molar-refractivity contribution < 1.29 is 22.7 Å². The van der Waals surface area contributed by atoms with Gasteiger partial charge in [0.1, 0.15) is 11.5 Å². The van der Waals surface area contributed by atoms with Crippen LogP contribution in [0.4, 0.5) is 29.5 Å². The quantitative estimate of drug-likeness (QED) is 0.252. The van der Waals surface area contributed by atoms with E-state index < -0.39 is 17.8 Å². The number of fused-ring (bicyclic) bond motifs is 1. The number of rotatable bonds is 6. The highest BCUT2D eigenvalue weighted by Gasteiger charge is 2.30. The lowest BCUT2D eigenvalue weighted by atomic mass is 10.1. The number of benzene rings is 2. The van der Waals surface area contributed by atoms with Gasteiger partial charge in [0, 0.05) is 48.8 Å². The molecule has 5 aromatic rings. The van der Waals surface area contributed by atoms with Crippen molar-refractivity contribution in [1.29, 1.82) is 0 Å². The molecule has 4 heterocycles. The summed E-state index contributed by atoms with van der Waals surface area (Å²) in [5.74, 6) is 0.946. The van der Waals surface area contributed by atoms with E-state index in [1.54, 1.807) is 0 Å². The maximum Gasteiger partial charge on any atom is 0.416 e. The topological polar surface area (TPSA) is 83.8 Å². The van der Waals surface area contributed by atoms with Gasteiger partial charge in [-0.1, -0.05) is 30.3 Å². The lowest BCUT2D eigenvalue weighted by Gasteiger charge is -2.27. The van der Waals surface area contributed by atoms with E-state index in [0.717, 1.165) is 64.6 Å². The van der Waals surface area contributed by atoms with E-state index in [-0.39, 0.29) is 12.2 Å². The Morgan fingerprint density at radius 3 is 2.40 bits per heavy atom. The smallest absolute Gasteiger partial charge is 0.378 e. The summed E-state index contributed by atoms with van der Waals surface area (Å²) in [5.41, 5.74) is 4.77. The molecule has 0 bridgehead atoms. The van der Waals surface area contributed by atoms with Gasteiger partial charge in [-0.05, 0) is 53.6 Å². The molecule has 2 amide bonds. The Morgan fingerprint density at radius 1 is 0.881 bits per heavy atom. The number of nitrogens with zero attached hydrogens (tertiary/aromatic N) is 4. The van der Waals surface area contributed by atoms with Gasteiger partial charge in [0.25, 0.3) is 0 Å². The van der Waals surface area contributed by atoms with Crippen LogP contribution in [-0.2, 0) is 17.5 Å². The van der Waals surface area contributed by atoms with Crippen LogP contribution >= 0.6 is 0 Å². The third-order valence-electron chi connectivity index (χ3n) is 7.08. The van der Waals surface area contributed by atoms with Gasteiger partial charge in [0.05, 0.1) is 30.7 Å². The summed E-state index contributed by atoms with van der Waals surface area (Å²) in [4.78, 5) is 23.7. The predicted molar refractivity (Wildman–Crippen MR) is 154 cm³/mol. The van der Waals surface area contributed by atoms with Gasteiger partial charge in [-0.3, -0.25) is 4.40 Å². The zero-order valence-electron chi connectivity index (χ0n) is 22.4. The number of imidazole rings is 1. The van der Waals surface area contributed by atoms with Crippen LogP contribution < -0.4 is 15.5 Å². The largest absolute Gasteiger partial charge is 0.416 e. The standard InChI is InChI=1S/C31H27F3N6O2/c32-31(33,34)25-2-1-3-26(17-25)38-30(41)37-18-21-4-6-22(7-5-21)27-20-36-29-16-23(10-11-40(27)29)24-8-9-28(35-19-24)39-12-14-42-15-13-39/h1-11,16-17,19-20H,12-15,18H2,(H2,37,38,41). The van der Waals surface area contributed by atoms with E-state index in [9.17, 15) is 18.0 Å². The molecule has 0 aliphatic carbocycles. The molecule has 0 spiro atoms. The molecule has 2 aromatic carbocycles. The molecule has 0 radical (unpaired) electrons. The van der Waals surface area contributed by atoms with E-state index in [4.69, 9.17) is 4.74 Å². The van der Waals surface area contributed by atoms with Gasteiger partial charge >= 0.3 is 12.2 Å². The fourth-order valence-corrected chi connectivity index (χ4v) is 4.83. The molecule has 214 valence electrons. The first kappa shape index (κ1) is 27.3. The Balaban J connectivity index is 1.09. The number of halogens is 3. The predicted octanol–water partition coefficient (Wildman–Crippen LogP) is 6.24. The summed E-state index contributed by atoms with van der Waals surface area (Å²) < 4.78 is 46.2. The molecular weight excluding hydrogens is 545 g/mol. The molecule has 11 heteroatoms. The summed E-state index contributed by atoms with van der Waals surface area (Å²) in [5, 5.41) is 5.11. The molecule has 0 saturated carbocycles. The van der Waals surface area contributed by atoms with Crippen molar-refractivity contribution in [3.63, 3.8) is 0 Å². The maximum atomic E-state index is 12.9. The van der Waals surface area contributed by atoms with E-state index in [1.807, 2.05) is 65.5 Å². The third kappa shape index (κ3) is 6.06. The molecule has 3 aromatic heterocycles. The number of morpholine rings is 1. The van der Waals surface area contributed by atoms with Gasteiger partial charge in [0.2, 0.25) is 0 Å². The number of carbonyl (C=O) groups excluding carboxylic acids is 1. The fraction of sp³-hybridized carbons (Fsp3) is 0.194. The highest BCUT2D eigenvalue weighted by Crippen LogP contribution is 2.31. The third-order valence-corrected chi connectivity index (χ3v) is 7.08. The van der Waals surface area contributed by atoms with Crippen LogP contribution in [0.1, 0.15) is 11.1 Å². The maximum absolute atomic E-state index is 12.9. The average Bonchev–Trinajstić information content (AvgIpc) is 3.44. The van der Waals surface area contributed by atoms with Crippen molar-refractivity contribution in [3.05, 3.63) is 103 Å². The monoisotopic (exact) mass is 572 g/mol. The number of aromatic nitrogens is 3. The van der Waals surface area contributed by atoms with Crippen molar-refractivity contribution in [2.24, 2.45) is 0 Å². The van der Waals surface area contributed by atoms with Crippen molar-refractivity contribution in [1.82, 2.24) is 19.7 Å². The van der Waals surface area contributed by atoms with Gasteiger partial charge < -0.3 is 20.3 Å².